The number of aliphatic hydroxyl groups is 1. The molecule has 1 aromatic rings. The number of nitro benzene ring substituents is 1. The van der Waals surface area contributed by atoms with Crippen LogP contribution in [0.4, 0.5) is 5.69 Å². The molecule has 0 aromatic heterocycles. The first-order chi connectivity index (χ1) is 8.24. The van der Waals surface area contributed by atoms with Crippen molar-refractivity contribution < 1.29 is 24.7 Å². The highest BCUT2D eigenvalue weighted by atomic mass is 35.5. The summed E-state index contributed by atoms with van der Waals surface area (Å²) in [6.45, 7) is 0.384. The summed E-state index contributed by atoms with van der Waals surface area (Å²) < 4.78 is 4.95. The second-order valence-electron chi connectivity index (χ2n) is 3.74. The maximum Gasteiger partial charge on any atom is 0.339 e. The lowest BCUT2D eigenvalue weighted by Crippen LogP contribution is -2.41. The first-order valence-corrected chi connectivity index (χ1v) is 5.14. The number of carboxylic acid groups (broad SMARTS) is 1. The van der Waals surface area contributed by atoms with E-state index in [1.165, 1.54) is 12.1 Å². The molecule has 0 amide bonds. The number of hydrogen-bond donors (Lipinski definition) is 2. The Morgan fingerprint density at radius 2 is 2.22 bits per heavy atom. The summed E-state index contributed by atoms with van der Waals surface area (Å²) in [5.74, 6) is -1.69. The van der Waals surface area contributed by atoms with Gasteiger partial charge in [0.05, 0.1) is 4.92 Å². The van der Waals surface area contributed by atoms with E-state index in [1.807, 2.05) is 0 Å². The lowest BCUT2D eigenvalue weighted by atomic mass is 10.1. The van der Waals surface area contributed by atoms with E-state index in [0.29, 0.717) is 0 Å². The summed E-state index contributed by atoms with van der Waals surface area (Å²) in [5.41, 5.74) is -2.50. The Bertz CT molecular complexity index is 487. The van der Waals surface area contributed by atoms with Crippen LogP contribution in [0, 0.1) is 10.1 Å². The van der Waals surface area contributed by atoms with E-state index in [4.69, 9.17) is 21.4 Å². The average molecular weight is 276 g/mol. The molecule has 0 aliphatic heterocycles. The van der Waals surface area contributed by atoms with Gasteiger partial charge in [0.2, 0.25) is 0 Å². The minimum absolute atomic E-state index is 0.200. The van der Waals surface area contributed by atoms with E-state index in [-0.39, 0.29) is 16.5 Å². The lowest BCUT2D eigenvalue weighted by Gasteiger charge is -2.18. The van der Waals surface area contributed by atoms with Gasteiger partial charge in [0.1, 0.15) is 6.61 Å². The Balaban J connectivity index is 2.94. The van der Waals surface area contributed by atoms with Crippen LogP contribution in [0.15, 0.2) is 18.2 Å². The minimum Gasteiger partial charge on any atom is -0.483 e. The summed E-state index contributed by atoms with van der Waals surface area (Å²) in [6.07, 6.45) is 0. The number of carboxylic acids is 1. The van der Waals surface area contributed by atoms with Gasteiger partial charge in [-0.3, -0.25) is 10.1 Å². The van der Waals surface area contributed by atoms with Crippen LogP contribution in [0.1, 0.15) is 6.92 Å². The van der Waals surface area contributed by atoms with Gasteiger partial charge in [-0.15, -0.1) is 0 Å². The van der Waals surface area contributed by atoms with Crippen molar-refractivity contribution in [3.63, 3.8) is 0 Å². The Morgan fingerprint density at radius 3 is 2.72 bits per heavy atom. The van der Waals surface area contributed by atoms with E-state index in [1.54, 1.807) is 0 Å². The third-order valence-corrected chi connectivity index (χ3v) is 2.32. The molecule has 98 valence electrons. The molecule has 18 heavy (non-hydrogen) atoms. The zero-order valence-electron chi connectivity index (χ0n) is 9.29. The Hall–Kier alpha value is -1.86. The molecule has 0 bridgehead atoms. The predicted octanol–water partition coefficient (Wildman–Crippen LogP) is 1.46. The molecular formula is C10H10ClNO6. The second-order valence-corrected chi connectivity index (χ2v) is 4.17. The third kappa shape index (κ3) is 3.31. The largest absolute Gasteiger partial charge is 0.483 e. The summed E-state index contributed by atoms with van der Waals surface area (Å²) in [6, 6.07) is 3.62. The Kier molecular flexibility index (Phi) is 4.10. The van der Waals surface area contributed by atoms with Crippen molar-refractivity contribution in [2.45, 2.75) is 12.5 Å². The summed E-state index contributed by atoms with van der Waals surface area (Å²) >= 11 is 5.65. The molecule has 1 aromatic carbocycles. The van der Waals surface area contributed by atoms with E-state index >= 15 is 0 Å². The molecule has 1 unspecified atom stereocenters. The maximum atomic E-state index is 10.7. The number of carbonyl (C=O) groups is 1. The molecule has 1 atom stereocenters. The third-order valence-electron chi connectivity index (χ3n) is 2.09. The van der Waals surface area contributed by atoms with Gasteiger partial charge in [-0.05, 0) is 13.0 Å². The maximum absolute atomic E-state index is 10.7. The molecular weight excluding hydrogens is 266 g/mol. The van der Waals surface area contributed by atoms with Gasteiger partial charge < -0.3 is 14.9 Å². The SMILES string of the molecule is CC(O)(COc1cc(Cl)ccc1[N+](=O)[O-])C(=O)O. The normalized spacial score (nSPS) is 13.7. The van der Waals surface area contributed by atoms with E-state index in [9.17, 15) is 20.0 Å². The number of aliphatic carboxylic acids is 1. The van der Waals surface area contributed by atoms with Gasteiger partial charge >= 0.3 is 11.7 Å². The van der Waals surface area contributed by atoms with Gasteiger partial charge in [0.15, 0.2) is 11.4 Å². The molecule has 0 saturated heterocycles. The Morgan fingerprint density at radius 1 is 1.61 bits per heavy atom. The van der Waals surface area contributed by atoms with Crippen LogP contribution in [-0.2, 0) is 4.79 Å². The molecule has 1 rings (SSSR count). The monoisotopic (exact) mass is 275 g/mol. The van der Waals surface area contributed by atoms with Crippen molar-refractivity contribution in [1.82, 2.24) is 0 Å². The topological polar surface area (TPSA) is 110 Å². The molecule has 2 N–H and O–H groups in total. The Labute approximate surface area is 107 Å². The van der Waals surface area contributed by atoms with Crippen molar-refractivity contribution in [3.8, 4) is 5.75 Å². The number of benzene rings is 1. The molecule has 0 heterocycles. The highest BCUT2D eigenvalue weighted by Crippen LogP contribution is 2.30. The molecule has 0 radical (unpaired) electrons. The number of nitro groups is 1. The minimum atomic E-state index is -2.14. The van der Waals surface area contributed by atoms with E-state index in [0.717, 1.165) is 13.0 Å². The van der Waals surface area contributed by atoms with Crippen molar-refractivity contribution >= 4 is 23.3 Å². The number of nitrogens with zero attached hydrogens (tertiary/aromatic N) is 1. The number of hydrogen-bond acceptors (Lipinski definition) is 5. The number of rotatable bonds is 5. The predicted molar refractivity (Wildman–Crippen MR) is 61.9 cm³/mol. The van der Waals surface area contributed by atoms with Crippen LogP contribution in [0.3, 0.4) is 0 Å². The first-order valence-electron chi connectivity index (χ1n) is 4.76. The van der Waals surface area contributed by atoms with Crippen molar-refractivity contribution in [2.75, 3.05) is 6.61 Å². The average Bonchev–Trinajstić information content (AvgIpc) is 2.26. The molecule has 8 heteroatoms. The van der Waals surface area contributed by atoms with Crippen molar-refractivity contribution in [2.24, 2.45) is 0 Å². The van der Waals surface area contributed by atoms with Gasteiger partial charge in [-0.25, -0.2) is 4.79 Å². The van der Waals surface area contributed by atoms with Crippen molar-refractivity contribution in [3.05, 3.63) is 33.3 Å². The van der Waals surface area contributed by atoms with Crippen LogP contribution >= 0.6 is 11.6 Å². The van der Waals surface area contributed by atoms with E-state index < -0.39 is 23.1 Å². The fourth-order valence-corrected chi connectivity index (χ4v) is 1.20. The number of halogens is 1. The van der Waals surface area contributed by atoms with Gasteiger partial charge in [0, 0.05) is 17.2 Å². The first kappa shape index (κ1) is 14.2. The fraction of sp³-hybridized carbons (Fsp3) is 0.300. The molecule has 0 saturated carbocycles. The second kappa shape index (κ2) is 5.19. The molecule has 0 spiro atoms. The van der Waals surface area contributed by atoms with Crippen LogP contribution in [-0.4, -0.2) is 33.3 Å². The van der Waals surface area contributed by atoms with Crippen LogP contribution < -0.4 is 4.74 Å². The van der Waals surface area contributed by atoms with E-state index in [2.05, 4.69) is 0 Å². The van der Waals surface area contributed by atoms with Gasteiger partial charge in [0.25, 0.3) is 0 Å². The van der Waals surface area contributed by atoms with Crippen LogP contribution in [0.25, 0.3) is 0 Å². The number of ether oxygens (including phenoxy) is 1. The molecule has 0 aliphatic carbocycles. The molecule has 0 fully saturated rings. The summed E-state index contributed by atoms with van der Waals surface area (Å²) in [4.78, 5) is 20.6. The van der Waals surface area contributed by atoms with Crippen LogP contribution in [0.5, 0.6) is 5.75 Å². The van der Waals surface area contributed by atoms with Crippen molar-refractivity contribution in [1.29, 1.82) is 0 Å². The highest BCUT2D eigenvalue weighted by Gasteiger charge is 2.32. The van der Waals surface area contributed by atoms with Crippen LogP contribution in [0.2, 0.25) is 5.02 Å². The molecule has 7 nitrogen and oxygen atoms in total. The fourth-order valence-electron chi connectivity index (χ4n) is 1.03. The van der Waals surface area contributed by atoms with Gasteiger partial charge in [-0.1, -0.05) is 11.6 Å². The highest BCUT2D eigenvalue weighted by molar-refractivity contribution is 6.30. The zero-order valence-corrected chi connectivity index (χ0v) is 10.0. The smallest absolute Gasteiger partial charge is 0.339 e. The lowest BCUT2D eigenvalue weighted by molar-refractivity contribution is -0.386. The van der Waals surface area contributed by atoms with Gasteiger partial charge in [-0.2, -0.15) is 0 Å². The molecule has 0 aliphatic rings. The summed E-state index contributed by atoms with van der Waals surface area (Å²) in [7, 11) is 0. The quantitative estimate of drug-likeness (QED) is 0.622. The summed E-state index contributed by atoms with van der Waals surface area (Å²) in [5, 5.41) is 29.0. The standard InChI is InChI=1S/C10H10ClNO6/c1-10(15,9(13)14)5-18-8-4-6(11)2-3-7(8)12(16)17/h2-4,15H,5H2,1H3,(H,13,14). The zero-order chi connectivity index (χ0) is 13.9.